The van der Waals surface area contributed by atoms with Crippen LogP contribution in [0.3, 0.4) is 0 Å². The van der Waals surface area contributed by atoms with Gasteiger partial charge in [-0.1, -0.05) is 17.8 Å². The van der Waals surface area contributed by atoms with Crippen molar-refractivity contribution >= 4 is 55.1 Å². The number of halogens is 1. The molecule has 0 aliphatic rings. The highest BCUT2D eigenvalue weighted by atomic mass is 79.9. The number of rotatable bonds is 4. The van der Waals surface area contributed by atoms with E-state index in [0.717, 1.165) is 26.2 Å². The molecule has 0 amide bonds. The Labute approximate surface area is 138 Å². The molecule has 108 valence electrons. The van der Waals surface area contributed by atoms with Gasteiger partial charge in [-0.05, 0) is 45.1 Å². The molecule has 0 atom stereocenters. The number of thioether (sulfide) groups is 1. The maximum absolute atomic E-state index is 5.95. The number of benzene rings is 1. The van der Waals surface area contributed by atoms with Gasteiger partial charge >= 0.3 is 0 Å². The number of hydrogen-bond donors (Lipinski definition) is 1. The first-order valence-corrected chi connectivity index (χ1v) is 8.79. The van der Waals surface area contributed by atoms with Crippen LogP contribution in [-0.4, -0.2) is 17.1 Å². The highest BCUT2D eigenvalue weighted by Gasteiger charge is 2.08. The Bertz CT molecular complexity index is 791. The molecule has 0 spiro atoms. The van der Waals surface area contributed by atoms with Crippen LogP contribution in [0.25, 0.3) is 10.2 Å². The molecule has 4 nitrogen and oxygen atoms in total. The molecule has 7 heteroatoms. The summed E-state index contributed by atoms with van der Waals surface area (Å²) in [5.41, 5.74) is 7.12. The number of methoxy groups -OCH3 is 1. The van der Waals surface area contributed by atoms with Crippen molar-refractivity contribution < 1.29 is 4.74 Å². The van der Waals surface area contributed by atoms with Crippen LogP contribution < -0.4 is 10.5 Å². The summed E-state index contributed by atoms with van der Waals surface area (Å²) in [6.45, 7) is 0. The van der Waals surface area contributed by atoms with E-state index in [9.17, 15) is 0 Å². The van der Waals surface area contributed by atoms with Crippen molar-refractivity contribution in [3.05, 3.63) is 39.7 Å². The number of hydrogen-bond acceptors (Lipinski definition) is 6. The third-order valence-corrected chi connectivity index (χ3v) is 5.26. The molecule has 0 unspecified atom stereocenters. The quantitative estimate of drug-likeness (QED) is 0.537. The molecule has 0 saturated carbocycles. The fourth-order valence-electron chi connectivity index (χ4n) is 1.87. The summed E-state index contributed by atoms with van der Waals surface area (Å²) >= 11 is 6.64. The van der Waals surface area contributed by atoms with E-state index in [1.165, 1.54) is 5.56 Å². The normalized spacial score (nSPS) is 11.0. The lowest BCUT2D eigenvalue weighted by atomic mass is 10.2. The number of nitrogen functional groups attached to an aromatic ring is 1. The standard InChI is InChI=1S/C14H12BrN3OS2/c1-19-11-3-2-8(6-10(11)15)7-21-14-17-12(16)9-4-5-20-13(9)18-14/h2-6H,7H2,1H3,(H2,16,17,18). The lowest BCUT2D eigenvalue weighted by Gasteiger charge is -2.06. The van der Waals surface area contributed by atoms with Crippen LogP contribution >= 0.6 is 39.0 Å². The maximum atomic E-state index is 5.95. The number of thiophene rings is 1. The molecule has 0 saturated heterocycles. The van der Waals surface area contributed by atoms with Crippen LogP contribution in [0.4, 0.5) is 5.82 Å². The molecule has 1 aromatic carbocycles. The number of ether oxygens (including phenoxy) is 1. The van der Waals surface area contributed by atoms with Gasteiger partial charge in [-0.15, -0.1) is 11.3 Å². The number of nitrogens with two attached hydrogens (primary N) is 1. The molecular weight excluding hydrogens is 370 g/mol. The van der Waals surface area contributed by atoms with Crippen LogP contribution in [0.2, 0.25) is 0 Å². The molecule has 3 aromatic rings. The van der Waals surface area contributed by atoms with Crippen LogP contribution in [-0.2, 0) is 5.75 Å². The minimum atomic E-state index is 0.541. The van der Waals surface area contributed by atoms with Crippen molar-refractivity contribution in [1.82, 2.24) is 9.97 Å². The Morgan fingerprint density at radius 3 is 2.95 bits per heavy atom. The Morgan fingerprint density at radius 2 is 2.19 bits per heavy atom. The zero-order valence-corrected chi connectivity index (χ0v) is 14.4. The molecule has 2 N–H and O–H groups in total. The maximum Gasteiger partial charge on any atom is 0.191 e. The van der Waals surface area contributed by atoms with Crippen molar-refractivity contribution in [3.8, 4) is 5.75 Å². The van der Waals surface area contributed by atoms with Gasteiger partial charge in [0.1, 0.15) is 16.4 Å². The lowest BCUT2D eigenvalue weighted by molar-refractivity contribution is 0.412. The Hall–Kier alpha value is -1.31. The molecule has 0 fully saturated rings. The van der Waals surface area contributed by atoms with Gasteiger partial charge in [0.05, 0.1) is 17.0 Å². The van der Waals surface area contributed by atoms with Crippen molar-refractivity contribution in [2.45, 2.75) is 10.9 Å². The third-order valence-electron chi connectivity index (χ3n) is 2.92. The second-order valence-electron chi connectivity index (χ2n) is 4.29. The second kappa shape index (κ2) is 6.21. The van der Waals surface area contributed by atoms with Gasteiger partial charge in [0, 0.05) is 5.75 Å². The van der Waals surface area contributed by atoms with E-state index in [0.29, 0.717) is 11.0 Å². The molecule has 0 radical (unpaired) electrons. The van der Waals surface area contributed by atoms with E-state index >= 15 is 0 Å². The lowest BCUT2D eigenvalue weighted by Crippen LogP contribution is -1.95. The van der Waals surface area contributed by atoms with Crippen LogP contribution in [0.15, 0.2) is 39.3 Å². The molecule has 3 rings (SSSR count). The van der Waals surface area contributed by atoms with Crippen LogP contribution in [0.1, 0.15) is 5.56 Å². The summed E-state index contributed by atoms with van der Waals surface area (Å²) < 4.78 is 6.17. The van der Waals surface area contributed by atoms with E-state index in [4.69, 9.17) is 10.5 Å². The van der Waals surface area contributed by atoms with Crippen LogP contribution in [0, 0.1) is 0 Å². The number of aromatic nitrogens is 2. The average Bonchev–Trinajstić information content (AvgIpc) is 2.94. The minimum absolute atomic E-state index is 0.541. The second-order valence-corrected chi connectivity index (χ2v) is 6.98. The molecule has 2 heterocycles. The van der Waals surface area contributed by atoms with Gasteiger partial charge in [0.25, 0.3) is 0 Å². The van der Waals surface area contributed by atoms with E-state index in [1.54, 1.807) is 30.2 Å². The molecule has 0 aliphatic heterocycles. The first-order valence-electron chi connectivity index (χ1n) is 6.13. The highest BCUT2D eigenvalue weighted by molar-refractivity contribution is 9.10. The average molecular weight is 382 g/mol. The van der Waals surface area contributed by atoms with Crippen molar-refractivity contribution in [2.75, 3.05) is 12.8 Å². The molecular formula is C14H12BrN3OS2. The summed E-state index contributed by atoms with van der Waals surface area (Å²) in [5, 5.41) is 3.61. The minimum Gasteiger partial charge on any atom is -0.496 e. The summed E-state index contributed by atoms with van der Waals surface area (Å²) in [5.74, 6) is 2.14. The van der Waals surface area contributed by atoms with Gasteiger partial charge in [-0.2, -0.15) is 0 Å². The van der Waals surface area contributed by atoms with E-state index < -0.39 is 0 Å². The molecule has 0 aliphatic carbocycles. The van der Waals surface area contributed by atoms with Gasteiger partial charge in [-0.25, -0.2) is 9.97 Å². The summed E-state index contributed by atoms with van der Waals surface area (Å²) in [7, 11) is 1.65. The number of anilines is 1. The summed E-state index contributed by atoms with van der Waals surface area (Å²) in [6, 6.07) is 7.96. The zero-order valence-electron chi connectivity index (χ0n) is 11.2. The monoisotopic (exact) mass is 381 g/mol. The number of nitrogens with zero attached hydrogens (tertiary/aromatic N) is 2. The predicted octanol–water partition coefficient (Wildman–Crippen LogP) is 4.34. The van der Waals surface area contributed by atoms with Crippen molar-refractivity contribution in [1.29, 1.82) is 0 Å². The van der Waals surface area contributed by atoms with Crippen LogP contribution in [0.5, 0.6) is 5.75 Å². The first kappa shape index (κ1) is 14.6. The fourth-order valence-corrected chi connectivity index (χ4v) is 4.08. The zero-order chi connectivity index (χ0) is 14.8. The fraction of sp³-hybridized carbons (Fsp3) is 0.143. The van der Waals surface area contributed by atoms with Gasteiger partial charge in [0.2, 0.25) is 0 Å². The Kier molecular flexibility index (Phi) is 4.32. The molecule has 21 heavy (non-hydrogen) atoms. The van der Waals surface area contributed by atoms with Gasteiger partial charge in [-0.3, -0.25) is 0 Å². The first-order chi connectivity index (χ1) is 10.2. The Balaban J connectivity index is 1.78. The van der Waals surface area contributed by atoms with E-state index in [2.05, 4.69) is 25.9 Å². The van der Waals surface area contributed by atoms with Gasteiger partial charge in [0.15, 0.2) is 5.16 Å². The van der Waals surface area contributed by atoms with Crippen molar-refractivity contribution in [2.24, 2.45) is 0 Å². The van der Waals surface area contributed by atoms with E-state index in [-0.39, 0.29) is 0 Å². The molecule has 2 aromatic heterocycles. The number of fused-ring (bicyclic) bond motifs is 1. The largest absolute Gasteiger partial charge is 0.496 e. The topological polar surface area (TPSA) is 61.0 Å². The SMILES string of the molecule is COc1ccc(CSc2nc(N)c3ccsc3n2)cc1Br. The Morgan fingerprint density at radius 1 is 1.33 bits per heavy atom. The third kappa shape index (κ3) is 3.14. The van der Waals surface area contributed by atoms with Crippen molar-refractivity contribution in [3.63, 3.8) is 0 Å². The van der Waals surface area contributed by atoms with Gasteiger partial charge < -0.3 is 10.5 Å². The molecule has 0 bridgehead atoms. The predicted molar refractivity (Wildman–Crippen MR) is 92.1 cm³/mol. The van der Waals surface area contributed by atoms with E-state index in [1.807, 2.05) is 29.6 Å². The highest BCUT2D eigenvalue weighted by Crippen LogP contribution is 2.30. The summed E-state index contributed by atoms with van der Waals surface area (Å²) in [6.07, 6.45) is 0. The smallest absolute Gasteiger partial charge is 0.191 e. The summed E-state index contributed by atoms with van der Waals surface area (Å²) in [4.78, 5) is 9.80.